The minimum Gasteiger partial charge on any atom is -0.319 e. The zero-order valence-electron chi connectivity index (χ0n) is 9.51. The van der Waals surface area contributed by atoms with Gasteiger partial charge in [-0.2, -0.15) is 0 Å². The molecule has 2 N–H and O–H groups in total. The van der Waals surface area contributed by atoms with Gasteiger partial charge in [0.1, 0.15) is 5.78 Å². The highest BCUT2D eigenvalue weighted by Gasteiger charge is 2.31. The Morgan fingerprint density at radius 3 is 2.36 bits per heavy atom. The molecule has 0 bridgehead atoms. The molecule has 82 valence electrons. The maximum atomic E-state index is 11.4. The fourth-order valence-corrected chi connectivity index (χ4v) is 2.44. The first-order valence-corrected chi connectivity index (χ1v) is 5.88. The van der Waals surface area contributed by atoms with Crippen LogP contribution in [0.2, 0.25) is 0 Å². The minimum absolute atomic E-state index is 0.158. The Labute approximate surface area is 87.2 Å². The second-order valence-electron chi connectivity index (χ2n) is 4.77. The lowest BCUT2D eigenvalue weighted by Crippen LogP contribution is -2.47. The molecular formula is C12H23NO. The monoisotopic (exact) mass is 197 g/mol. The van der Waals surface area contributed by atoms with Crippen LogP contribution in [0.5, 0.6) is 0 Å². The Hall–Kier alpha value is -0.370. The van der Waals surface area contributed by atoms with Crippen LogP contribution < -0.4 is 5.73 Å². The maximum Gasteiger partial charge on any atom is 0.149 e. The first-order valence-electron chi connectivity index (χ1n) is 5.88. The summed E-state index contributed by atoms with van der Waals surface area (Å²) in [4.78, 5) is 11.4. The second-order valence-corrected chi connectivity index (χ2v) is 4.77. The molecular weight excluding hydrogens is 174 g/mol. The molecule has 0 saturated heterocycles. The van der Waals surface area contributed by atoms with Gasteiger partial charge in [-0.15, -0.1) is 0 Å². The third-order valence-corrected chi connectivity index (χ3v) is 3.71. The summed E-state index contributed by atoms with van der Waals surface area (Å²) < 4.78 is 0. The number of carbonyl (C=O) groups is 1. The molecule has 2 heteroatoms. The van der Waals surface area contributed by atoms with Crippen molar-refractivity contribution in [2.75, 3.05) is 0 Å². The lowest BCUT2D eigenvalue weighted by molar-refractivity contribution is -0.122. The van der Waals surface area contributed by atoms with Gasteiger partial charge in [0.05, 0.1) is 5.54 Å². The lowest BCUT2D eigenvalue weighted by atomic mass is 9.77. The molecule has 0 radical (unpaired) electrons. The van der Waals surface area contributed by atoms with Crippen LogP contribution in [0.25, 0.3) is 0 Å². The van der Waals surface area contributed by atoms with Gasteiger partial charge in [0.25, 0.3) is 0 Å². The maximum absolute atomic E-state index is 11.4. The summed E-state index contributed by atoms with van der Waals surface area (Å²) in [5.74, 6) is 0.850. The molecule has 1 saturated carbocycles. The number of hydrogen-bond acceptors (Lipinski definition) is 2. The Morgan fingerprint density at radius 2 is 1.93 bits per heavy atom. The fraction of sp³-hybridized carbons (Fsp3) is 0.917. The number of nitrogens with two attached hydrogens (primary N) is 1. The average Bonchev–Trinajstić information content (AvgIpc) is 2.19. The highest BCUT2D eigenvalue weighted by Crippen LogP contribution is 2.31. The molecule has 2 nitrogen and oxygen atoms in total. The van der Waals surface area contributed by atoms with E-state index in [2.05, 4.69) is 0 Å². The van der Waals surface area contributed by atoms with E-state index in [1.165, 1.54) is 32.1 Å². The summed E-state index contributed by atoms with van der Waals surface area (Å²) in [6, 6.07) is 0. The van der Waals surface area contributed by atoms with Crippen molar-refractivity contribution in [1.29, 1.82) is 0 Å². The van der Waals surface area contributed by atoms with Gasteiger partial charge < -0.3 is 5.73 Å². The Kier molecular flexibility index (Phi) is 4.11. The van der Waals surface area contributed by atoms with Crippen LogP contribution in [0.4, 0.5) is 0 Å². The average molecular weight is 197 g/mol. The Bertz CT molecular complexity index is 196. The van der Waals surface area contributed by atoms with Crippen molar-refractivity contribution in [3.8, 4) is 0 Å². The van der Waals surface area contributed by atoms with Gasteiger partial charge in [0.15, 0.2) is 0 Å². The number of hydrogen-bond donors (Lipinski definition) is 1. The first-order chi connectivity index (χ1) is 6.58. The van der Waals surface area contributed by atoms with Crippen molar-refractivity contribution < 1.29 is 4.79 Å². The molecule has 0 heterocycles. The molecule has 1 fully saturated rings. The third kappa shape index (κ3) is 2.81. The Balaban J connectivity index is 2.50. The van der Waals surface area contributed by atoms with Crippen molar-refractivity contribution in [1.82, 2.24) is 0 Å². The van der Waals surface area contributed by atoms with Crippen LogP contribution in [0.1, 0.15) is 58.8 Å². The van der Waals surface area contributed by atoms with Gasteiger partial charge in [-0.3, -0.25) is 4.79 Å². The molecule has 0 unspecified atom stereocenters. The van der Waals surface area contributed by atoms with Crippen molar-refractivity contribution in [2.45, 2.75) is 64.3 Å². The fourth-order valence-electron chi connectivity index (χ4n) is 2.44. The molecule has 1 rings (SSSR count). The summed E-state index contributed by atoms with van der Waals surface area (Å²) in [5.41, 5.74) is 5.58. The molecule has 0 aromatic heterocycles. The number of ketones is 1. The molecule has 0 spiro atoms. The van der Waals surface area contributed by atoms with Crippen LogP contribution >= 0.6 is 0 Å². The predicted octanol–water partition coefficient (Wildman–Crippen LogP) is 2.65. The highest BCUT2D eigenvalue weighted by atomic mass is 16.1. The van der Waals surface area contributed by atoms with E-state index in [0.717, 1.165) is 12.8 Å². The standard InChI is InChI=1S/C12H23NO/c1-3-12(13,10(2)14)9-11-7-5-4-6-8-11/h11H,3-9,13H2,1-2H3/t12-/m0/s1. The quantitative estimate of drug-likeness (QED) is 0.753. The molecule has 0 aliphatic heterocycles. The summed E-state index contributed by atoms with van der Waals surface area (Å²) in [7, 11) is 0. The first kappa shape index (κ1) is 11.7. The van der Waals surface area contributed by atoms with Gasteiger partial charge in [-0.25, -0.2) is 0 Å². The lowest BCUT2D eigenvalue weighted by Gasteiger charge is -2.32. The number of Topliss-reactive ketones (excluding diaryl/α,β-unsaturated/α-hetero) is 1. The van der Waals surface area contributed by atoms with Crippen molar-refractivity contribution >= 4 is 5.78 Å². The van der Waals surface area contributed by atoms with Crippen LogP contribution in [-0.4, -0.2) is 11.3 Å². The molecule has 0 amide bonds. The molecule has 0 aromatic rings. The molecule has 1 aliphatic carbocycles. The molecule has 1 atom stereocenters. The highest BCUT2D eigenvalue weighted by molar-refractivity contribution is 5.85. The topological polar surface area (TPSA) is 43.1 Å². The van der Waals surface area contributed by atoms with E-state index in [-0.39, 0.29) is 5.78 Å². The molecule has 14 heavy (non-hydrogen) atoms. The molecule has 1 aliphatic rings. The SMILES string of the molecule is CC[C@](N)(CC1CCCCC1)C(C)=O. The van der Waals surface area contributed by atoms with E-state index in [1.807, 2.05) is 6.92 Å². The van der Waals surface area contributed by atoms with Gasteiger partial charge in [-0.05, 0) is 25.7 Å². The zero-order chi connectivity index (χ0) is 10.6. The van der Waals surface area contributed by atoms with Gasteiger partial charge in [0, 0.05) is 0 Å². The van der Waals surface area contributed by atoms with Crippen molar-refractivity contribution in [3.63, 3.8) is 0 Å². The van der Waals surface area contributed by atoms with Gasteiger partial charge in [0.2, 0.25) is 0 Å². The zero-order valence-corrected chi connectivity index (χ0v) is 9.51. The second kappa shape index (κ2) is 4.92. The van der Waals surface area contributed by atoms with Crippen LogP contribution in [0.3, 0.4) is 0 Å². The van der Waals surface area contributed by atoms with E-state index in [4.69, 9.17) is 5.73 Å². The van der Waals surface area contributed by atoms with E-state index < -0.39 is 5.54 Å². The van der Waals surface area contributed by atoms with Gasteiger partial charge in [-0.1, -0.05) is 39.0 Å². The van der Waals surface area contributed by atoms with Crippen molar-refractivity contribution in [3.05, 3.63) is 0 Å². The molecule has 0 aromatic carbocycles. The largest absolute Gasteiger partial charge is 0.319 e. The number of rotatable bonds is 4. The summed E-state index contributed by atoms with van der Waals surface area (Å²) in [5, 5.41) is 0. The minimum atomic E-state index is -0.540. The van der Waals surface area contributed by atoms with Crippen LogP contribution in [0, 0.1) is 5.92 Å². The van der Waals surface area contributed by atoms with E-state index in [9.17, 15) is 4.79 Å². The van der Waals surface area contributed by atoms with Crippen molar-refractivity contribution in [2.24, 2.45) is 11.7 Å². The number of carbonyl (C=O) groups excluding carboxylic acids is 1. The Morgan fingerprint density at radius 1 is 1.36 bits per heavy atom. The van der Waals surface area contributed by atoms with E-state index in [0.29, 0.717) is 5.92 Å². The third-order valence-electron chi connectivity index (χ3n) is 3.71. The smallest absolute Gasteiger partial charge is 0.149 e. The van der Waals surface area contributed by atoms with Gasteiger partial charge >= 0.3 is 0 Å². The predicted molar refractivity (Wildman–Crippen MR) is 59.1 cm³/mol. The van der Waals surface area contributed by atoms with Crippen LogP contribution in [0.15, 0.2) is 0 Å². The van der Waals surface area contributed by atoms with E-state index in [1.54, 1.807) is 6.92 Å². The summed E-state index contributed by atoms with van der Waals surface area (Å²) in [6.07, 6.45) is 8.22. The summed E-state index contributed by atoms with van der Waals surface area (Å²) >= 11 is 0. The normalized spacial score (nSPS) is 23.1. The van der Waals surface area contributed by atoms with Crippen LogP contribution in [-0.2, 0) is 4.79 Å². The summed E-state index contributed by atoms with van der Waals surface area (Å²) in [6.45, 7) is 3.65. The van der Waals surface area contributed by atoms with E-state index >= 15 is 0 Å².